The Hall–Kier alpha value is -7.63. The molecule has 1 aliphatic rings. The molecule has 0 amide bonds. The summed E-state index contributed by atoms with van der Waals surface area (Å²) in [6.45, 7) is 0. The number of anilines is 3. The van der Waals surface area contributed by atoms with Gasteiger partial charge in [0.2, 0.25) is 0 Å². The first kappa shape index (κ1) is 26.2. The van der Waals surface area contributed by atoms with Gasteiger partial charge in [0.05, 0.1) is 23.8 Å². The van der Waals surface area contributed by atoms with Crippen LogP contribution >= 0.6 is 0 Å². The van der Waals surface area contributed by atoms with Crippen LogP contribution < -0.4 is 4.90 Å². The number of aromatic nitrogens is 3. The van der Waals surface area contributed by atoms with Crippen molar-refractivity contribution in [3.05, 3.63) is 182 Å². The number of hydrogen-bond donors (Lipinski definition) is 0. The maximum absolute atomic E-state index is 8.85. The van der Waals surface area contributed by atoms with Crippen LogP contribution in [0.5, 0.6) is 0 Å². The lowest BCUT2D eigenvalue weighted by molar-refractivity contribution is 0.669. The standard InChI is InChI=1S/C51H30N4O/c1-2-12-34(13-3-1)49-52-50(54-51(53-49)43-20-10-19-42-39-17-6-7-22-45(39)56-48(42)43)35-24-23-31-25-27-37(30-36(31)29-35)55-44-21-9-15-33-14-8-18-40(46(33)44)41-28-26-32-11-4-5-16-38(32)47(41)55/h1-30H/i1D,2D,3D,12D,13D. The van der Waals surface area contributed by atoms with Gasteiger partial charge in [0.1, 0.15) is 11.2 Å². The van der Waals surface area contributed by atoms with Crippen LogP contribution in [0.15, 0.2) is 186 Å². The monoisotopic (exact) mass is 719 g/mol. The van der Waals surface area contributed by atoms with E-state index in [-0.39, 0.29) is 23.0 Å². The van der Waals surface area contributed by atoms with Crippen LogP contribution in [0, 0.1) is 0 Å². The molecule has 11 aromatic rings. The van der Waals surface area contributed by atoms with Crippen molar-refractivity contribution < 1.29 is 11.3 Å². The molecular formula is C51H30N4O. The van der Waals surface area contributed by atoms with Gasteiger partial charge in [-0.3, -0.25) is 0 Å². The quantitative estimate of drug-likeness (QED) is 0.181. The molecule has 3 heterocycles. The highest BCUT2D eigenvalue weighted by atomic mass is 16.3. The van der Waals surface area contributed by atoms with E-state index in [2.05, 4.69) is 95.9 Å². The van der Waals surface area contributed by atoms with Crippen LogP contribution in [0.2, 0.25) is 0 Å². The smallest absolute Gasteiger partial charge is 0.167 e. The van der Waals surface area contributed by atoms with Gasteiger partial charge in [-0.05, 0) is 63.5 Å². The summed E-state index contributed by atoms with van der Waals surface area (Å²) in [5.74, 6) is 0.483. The molecule has 56 heavy (non-hydrogen) atoms. The Morgan fingerprint density at radius 2 is 1.16 bits per heavy atom. The fourth-order valence-electron chi connectivity index (χ4n) is 8.37. The molecule has 260 valence electrons. The highest BCUT2D eigenvalue weighted by Gasteiger charge is 2.28. The Morgan fingerprint density at radius 3 is 2.07 bits per heavy atom. The lowest BCUT2D eigenvalue weighted by Gasteiger charge is -2.34. The van der Waals surface area contributed by atoms with Crippen molar-refractivity contribution in [2.75, 3.05) is 4.90 Å². The molecule has 0 fully saturated rings. The summed E-state index contributed by atoms with van der Waals surface area (Å²) >= 11 is 0. The molecule has 0 spiro atoms. The molecular weight excluding hydrogens is 685 g/mol. The summed E-state index contributed by atoms with van der Waals surface area (Å²) < 4.78 is 49.2. The first-order chi connectivity index (χ1) is 29.8. The van der Waals surface area contributed by atoms with Crippen LogP contribution in [-0.2, 0) is 0 Å². The van der Waals surface area contributed by atoms with E-state index >= 15 is 0 Å². The summed E-state index contributed by atoms with van der Waals surface area (Å²) in [4.78, 5) is 17.1. The maximum atomic E-state index is 8.85. The Balaban J connectivity index is 1.08. The van der Waals surface area contributed by atoms with Gasteiger partial charge in [-0.25, -0.2) is 15.0 Å². The fourth-order valence-corrected chi connectivity index (χ4v) is 8.37. The van der Waals surface area contributed by atoms with Crippen molar-refractivity contribution in [1.29, 1.82) is 0 Å². The van der Waals surface area contributed by atoms with Crippen molar-refractivity contribution in [2.24, 2.45) is 0 Å². The highest BCUT2D eigenvalue weighted by Crippen LogP contribution is 2.53. The van der Waals surface area contributed by atoms with E-state index in [1.165, 1.54) is 16.3 Å². The number of benzene rings is 9. The molecule has 0 atom stereocenters. The second kappa shape index (κ2) is 11.9. The van der Waals surface area contributed by atoms with Gasteiger partial charge in [0.25, 0.3) is 0 Å². The molecule has 5 nitrogen and oxygen atoms in total. The second-order valence-corrected chi connectivity index (χ2v) is 14.0. The zero-order chi connectivity index (χ0) is 41.1. The molecule has 12 rings (SSSR count). The summed E-state index contributed by atoms with van der Waals surface area (Å²) in [7, 11) is 0. The molecule has 0 unspecified atom stereocenters. The number of nitrogens with zero attached hydrogens (tertiary/aromatic N) is 4. The van der Waals surface area contributed by atoms with E-state index in [9.17, 15) is 0 Å². The fraction of sp³-hybridized carbons (Fsp3) is 0. The van der Waals surface area contributed by atoms with Gasteiger partial charge >= 0.3 is 0 Å². The molecule has 0 aliphatic carbocycles. The number of fused-ring (bicyclic) bond motifs is 8. The van der Waals surface area contributed by atoms with Gasteiger partial charge < -0.3 is 9.32 Å². The van der Waals surface area contributed by atoms with Crippen molar-refractivity contribution in [3.63, 3.8) is 0 Å². The average Bonchev–Trinajstić information content (AvgIpc) is 3.69. The average molecular weight is 720 g/mol. The molecule has 0 radical (unpaired) electrons. The number of rotatable bonds is 4. The summed E-state index contributed by atoms with van der Waals surface area (Å²) in [6.07, 6.45) is 0. The molecule has 0 bridgehead atoms. The van der Waals surface area contributed by atoms with Crippen LogP contribution in [0.3, 0.4) is 0 Å². The first-order valence-electron chi connectivity index (χ1n) is 20.9. The van der Waals surface area contributed by atoms with E-state index in [1.807, 2.05) is 60.7 Å². The van der Waals surface area contributed by atoms with Crippen molar-refractivity contribution in [1.82, 2.24) is 15.0 Å². The molecule has 0 saturated heterocycles. The number of hydrogen-bond acceptors (Lipinski definition) is 5. The third-order valence-electron chi connectivity index (χ3n) is 10.9. The number of furan rings is 1. The Morgan fingerprint density at radius 1 is 0.464 bits per heavy atom. The van der Waals surface area contributed by atoms with E-state index in [0.717, 1.165) is 54.9 Å². The Labute approximate surface area is 328 Å². The van der Waals surface area contributed by atoms with Crippen LogP contribution in [0.1, 0.15) is 6.85 Å². The summed E-state index contributed by atoms with van der Waals surface area (Å²) in [5.41, 5.74) is 7.97. The van der Waals surface area contributed by atoms with Crippen LogP contribution in [0.25, 0.3) is 99.5 Å². The van der Waals surface area contributed by atoms with E-state index in [1.54, 1.807) is 0 Å². The topological polar surface area (TPSA) is 55.1 Å². The predicted octanol–water partition coefficient (Wildman–Crippen LogP) is 13.7. The third kappa shape index (κ3) is 4.64. The molecule has 2 aromatic heterocycles. The molecule has 0 saturated carbocycles. The van der Waals surface area contributed by atoms with Gasteiger partial charge in [0, 0.05) is 43.9 Å². The largest absolute Gasteiger partial charge is 0.455 e. The van der Waals surface area contributed by atoms with Crippen LogP contribution in [-0.4, -0.2) is 15.0 Å². The lowest BCUT2D eigenvalue weighted by Crippen LogP contribution is -2.15. The predicted molar refractivity (Wildman–Crippen MR) is 230 cm³/mol. The van der Waals surface area contributed by atoms with E-state index in [4.69, 9.17) is 26.2 Å². The zero-order valence-electron chi connectivity index (χ0n) is 34.6. The lowest BCUT2D eigenvalue weighted by atomic mass is 9.88. The minimum atomic E-state index is -0.491. The van der Waals surface area contributed by atoms with E-state index < -0.39 is 30.2 Å². The molecule has 1 aliphatic heterocycles. The minimum absolute atomic E-state index is 0.0393. The van der Waals surface area contributed by atoms with Gasteiger partial charge in [-0.15, -0.1) is 0 Å². The second-order valence-electron chi connectivity index (χ2n) is 14.0. The van der Waals surface area contributed by atoms with Crippen molar-refractivity contribution >= 4 is 71.3 Å². The SMILES string of the molecule is [2H]c1c([2H])c([2H])c(-c2nc(-c3ccc4ccc(N5c6c(ccc7ccccc67)-c6cccc7cccc5c67)cc4c3)nc(-c3cccc4c3oc3ccccc34)n2)c([2H])c1[2H]. The highest BCUT2D eigenvalue weighted by molar-refractivity contribution is 6.19. The number of para-hydroxylation sites is 2. The van der Waals surface area contributed by atoms with Gasteiger partial charge in [0.15, 0.2) is 17.5 Å². The summed E-state index contributed by atoms with van der Waals surface area (Å²) in [5, 5.41) is 8.43. The summed E-state index contributed by atoms with van der Waals surface area (Å²) in [6, 6.07) is 49.6. The minimum Gasteiger partial charge on any atom is -0.455 e. The Kier molecular flexibility index (Phi) is 5.58. The van der Waals surface area contributed by atoms with E-state index in [0.29, 0.717) is 22.3 Å². The normalized spacial score (nSPS) is 13.5. The maximum Gasteiger partial charge on any atom is 0.167 e. The molecule has 0 N–H and O–H groups in total. The van der Waals surface area contributed by atoms with Crippen LogP contribution in [0.4, 0.5) is 17.1 Å². The third-order valence-corrected chi connectivity index (χ3v) is 10.9. The first-order valence-corrected chi connectivity index (χ1v) is 18.4. The van der Waals surface area contributed by atoms with Crippen molar-refractivity contribution in [2.45, 2.75) is 0 Å². The van der Waals surface area contributed by atoms with Gasteiger partial charge in [-0.2, -0.15) is 0 Å². The van der Waals surface area contributed by atoms with Crippen molar-refractivity contribution in [3.8, 4) is 45.3 Å². The Bertz CT molecular complexity index is 3660. The molecule has 5 heteroatoms. The van der Waals surface area contributed by atoms with Gasteiger partial charge in [-0.1, -0.05) is 145 Å². The zero-order valence-corrected chi connectivity index (χ0v) is 29.6. The molecule has 9 aromatic carbocycles.